The van der Waals surface area contributed by atoms with Gasteiger partial charge in [0.25, 0.3) is 5.91 Å². The van der Waals surface area contributed by atoms with Gasteiger partial charge in [0.15, 0.2) is 11.5 Å². The van der Waals surface area contributed by atoms with Crippen LogP contribution in [0.3, 0.4) is 0 Å². The van der Waals surface area contributed by atoms with Gasteiger partial charge in [-0.1, -0.05) is 31.1 Å². The number of H-pyrrole nitrogens is 1. The van der Waals surface area contributed by atoms with Crippen LogP contribution in [0.5, 0.6) is 0 Å². The van der Waals surface area contributed by atoms with Crippen LogP contribution in [0.2, 0.25) is 0 Å². The molecule has 1 amide bonds. The van der Waals surface area contributed by atoms with Gasteiger partial charge in [0.05, 0.1) is 17.1 Å². The number of rotatable bonds is 5. The van der Waals surface area contributed by atoms with Crippen LogP contribution in [0.4, 0.5) is 0 Å². The number of aromatic nitrogens is 4. The number of hydrogen-bond acceptors (Lipinski definition) is 5. The van der Waals surface area contributed by atoms with Crippen molar-refractivity contribution in [1.29, 1.82) is 0 Å². The number of carbonyl (C=O) groups is 1. The van der Waals surface area contributed by atoms with Crippen molar-refractivity contribution in [3.63, 3.8) is 0 Å². The van der Waals surface area contributed by atoms with Crippen LogP contribution in [-0.4, -0.2) is 26.0 Å². The summed E-state index contributed by atoms with van der Waals surface area (Å²) < 4.78 is 5.29. The minimum atomic E-state index is -0.312. The molecule has 7 heteroatoms. The molecule has 3 heterocycles. The highest BCUT2D eigenvalue weighted by Crippen LogP contribution is 2.24. The van der Waals surface area contributed by atoms with Crippen LogP contribution in [0.25, 0.3) is 22.4 Å². The molecule has 3 aromatic heterocycles. The summed E-state index contributed by atoms with van der Waals surface area (Å²) in [5.41, 5.74) is 2.79. The number of pyridine rings is 1. The molecule has 136 valence electrons. The summed E-state index contributed by atoms with van der Waals surface area (Å²) in [6, 6.07) is 12.8. The fraction of sp³-hybridized carbons (Fsp3) is 0.200. The van der Waals surface area contributed by atoms with E-state index in [1.54, 1.807) is 24.5 Å². The first-order valence-corrected chi connectivity index (χ1v) is 8.74. The number of hydrogen-bond donors (Lipinski definition) is 2. The van der Waals surface area contributed by atoms with Gasteiger partial charge in [0, 0.05) is 24.0 Å². The molecule has 27 heavy (non-hydrogen) atoms. The van der Waals surface area contributed by atoms with Crippen LogP contribution in [0.15, 0.2) is 59.4 Å². The number of nitrogens with one attached hydrogen (secondary N) is 2. The third-order valence-corrected chi connectivity index (χ3v) is 4.34. The maximum atomic E-state index is 12.7. The summed E-state index contributed by atoms with van der Waals surface area (Å²) in [6.45, 7) is 4.06. The van der Waals surface area contributed by atoms with E-state index in [1.807, 2.05) is 44.2 Å². The Morgan fingerprint density at radius 3 is 2.78 bits per heavy atom. The quantitative estimate of drug-likeness (QED) is 0.564. The lowest BCUT2D eigenvalue weighted by Crippen LogP contribution is -2.32. The maximum Gasteiger partial charge on any atom is 0.274 e. The first-order valence-electron chi connectivity index (χ1n) is 8.74. The Balaban J connectivity index is 1.57. The first kappa shape index (κ1) is 17.0. The SMILES string of the molecule is CC(C)[C@H](NC(=O)c1cc(-c2cccnc2)on1)c1nc2ccccc2[nH]1. The topological polar surface area (TPSA) is 96.7 Å². The minimum Gasteiger partial charge on any atom is -0.355 e. The molecule has 0 spiro atoms. The van der Waals surface area contributed by atoms with Gasteiger partial charge in [-0.05, 0) is 30.2 Å². The van der Waals surface area contributed by atoms with Crippen LogP contribution >= 0.6 is 0 Å². The van der Waals surface area contributed by atoms with Crippen LogP contribution in [0.1, 0.15) is 36.2 Å². The lowest BCUT2D eigenvalue weighted by Gasteiger charge is -2.19. The lowest BCUT2D eigenvalue weighted by molar-refractivity contribution is 0.0914. The molecular weight excluding hydrogens is 342 g/mol. The van der Waals surface area contributed by atoms with Crippen molar-refractivity contribution in [2.45, 2.75) is 19.9 Å². The van der Waals surface area contributed by atoms with E-state index in [4.69, 9.17) is 4.52 Å². The van der Waals surface area contributed by atoms with Crippen molar-refractivity contribution in [2.24, 2.45) is 5.92 Å². The van der Waals surface area contributed by atoms with Crippen molar-refractivity contribution in [3.05, 3.63) is 66.4 Å². The second-order valence-electron chi connectivity index (χ2n) is 6.65. The monoisotopic (exact) mass is 361 g/mol. The number of imidazole rings is 1. The third kappa shape index (κ3) is 3.44. The Morgan fingerprint density at radius 2 is 2.04 bits per heavy atom. The van der Waals surface area contributed by atoms with E-state index in [0.717, 1.165) is 22.4 Å². The van der Waals surface area contributed by atoms with Crippen molar-refractivity contribution < 1.29 is 9.32 Å². The molecule has 7 nitrogen and oxygen atoms in total. The molecule has 0 aliphatic heterocycles. The molecule has 0 radical (unpaired) electrons. The Labute approximate surface area is 155 Å². The number of amides is 1. The van der Waals surface area contributed by atoms with Gasteiger partial charge in [-0.3, -0.25) is 9.78 Å². The fourth-order valence-electron chi connectivity index (χ4n) is 2.91. The Morgan fingerprint density at radius 1 is 1.19 bits per heavy atom. The predicted molar refractivity (Wildman–Crippen MR) is 101 cm³/mol. The van der Waals surface area contributed by atoms with Crippen molar-refractivity contribution in [2.75, 3.05) is 0 Å². The van der Waals surface area contributed by atoms with Crippen LogP contribution in [-0.2, 0) is 0 Å². The molecule has 1 atom stereocenters. The Bertz CT molecular complexity index is 1040. The third-order valence-electron chi connectivity index (χ3n) is 4.34. The zero-order valence-electron chi connectivity index (χ0n) is 15.0. The molecule has 1 aromatic carbocycles. The van der Waals surface area contributed by atoms with E-state index in [-0.39, 0.29) is 23.6 Å². The molecule has 0 unspecified atom stereocenters. The highest BCUT2D eigenvalue weighted by atomic mass is 16.5. The van der Waals surface area contributed by atoms with E-state index in [9.17, 15) is 4.79 Å². The molecule has 4 aromatic rings. The molecular formula is C20H19N5O2. The van der Waals surface area contributed by atoms with Gasteiger partial charge >= 0.3 is 0 Å². The van der Waals surface area contributed by atoms with Gasteiger partial charge < -0.3 is 14.8 Å². The van der Waals surface area contributed by atoms with Gasteiger partial charge in [0.2, 0.25) is 0 Å². The molecule has 0 aliphatic carbocycles. The zero-order chi connectivity index (χ0) is 18.8. The average Bonchev–Trinajstić information content (AvgIpc) is 3.33. The minimum absolute atomic E-state index is 0.138. The number of nitrogens with zero attached hydrogens (tertiary/aromatic N) is 3. The van der Waals surface area contributed by atoms with E-state index >= 15 is 0 Å². The highest BCUT2D eigenvalue weighted by Gasteiger charge is 2.24. The maximum absolute atomic E-state index is 12.7. The second kappa shape index (κ2) is 7.03. The van der Waals surface area contributed by atoms with Gasteiger partial charge in [-0.15, -0.1) is 0 Å². The van der Waals surface area contributed by atoms with Gasteiger partial charge in [-0.2, -0.15) is 0 Å². The number of fused-ring (bicyclic) bond motifs is 1. The molecule has 0 saturated heterocycles. The smallest absolute Gasteiger partial charge is 0.274 e. The van der Waals surface area contributed by atoms with Crippen LogP contribution < -0.4 is 5.32 Å². The summed E-state index contributed by atoms with van der Waals surface area (Å²) in [4.78, 5) is 24.6. The van der Waals surface area contributed by atoms with Crippen LogP contribution in [0, 0.1) is 5.92 Å². The molecule has 0 saturated carbocycles. The molecule has 0 fully saturated rings. The summed E-state index contributed by atoms with van der Waals surface area (Å²) in [7, 11) is 0. The zero-order valence-corrected chi connectivity index (χ0v) is 15.0. The van der Waals surface area contributed by atoms with Crippen molar-refractivity contribution >= 4 is 16.9 Å². The van der Waals surface area contributed by atoms with E-state index in [0.29, 0.717) is 5.76 Å². The standard InChI is InChI=1S/C20H19N5O2/c1-12(2)18(19-22-14-7-3-4-8-15(14)23-19)24-20(26)16-10-17(27-25-16)13-6-5-9-21-11-13/h3-12,18H,1-2H3,(H,22,23)(H,24,26)/t18-/m0/s1. The molecule has 0 bridgehead atoms. The Hall–Kier alpha value is -3.48. The first-order chi connectivity index (χ1) is 13.1. The molecule has 2 N–H and O–H groups in total. The summed E-state index contributed by atoms with van der Waals surface area (Å²) in [5, 5.41) is 6.90. The van der Waals surface area contributed by atoms with E-state index in [2.05, 4.69) is 25.4 Å². The number of para-hydroxylation sites is 2. The fourth-order valence-corrected chi connectivity index (χ4v) is 2.91. The van der Waals surface area contributed by atoms with Crippen molar-refractivity contribution in [3.8, 4) is 11.3 Å². The van der Waals surface area contributed by atoms with Gasteiger partial charge in [0.1, 0.15) is 5.82 Å². The largest absolute Gasteiger partial charge is 0.355 e. The lowest BCUT2D eigenvalue weighted by atomic mass is 10.0. The van der Waals surface area contributed by atoms with Gasteiger partial charge in [-0.25, -0.2) is 4.98 Å². The predicted octanol–water partition coefficient (Wildman–Crippen LogP) is 3.74. The number of carbonyl (C=O) groups excluding carboxylic acids is 1. The van der Waals surface area contributed by atoms with E-state index < -0.39 is 0 Å². The number of benzene rings is 1. The average molecular weight is 361 g/mol. The molecule has 4 rings (SSSR count). The van der Waals surface area contributed by atoms with Crippen molar-refractivity contribution in [1.82, 2.24) is 25.4 Å². The number of aromatic amines is 1. The summed E-state index contributed by atoms with van der Waals surface area (Å²) in [5.74, 6) is 1.04. The highest BCUT2D eigenvalue weighted by molar-refractivity contribution is 5.93. The summed E-state index contributed by atoms with van der Waals surface area (Å²) in [6.07, 6.45) is 3.33. The normalized spacial score (nSPS) is 12.4. The second-order valence-corrected chi connectivity index (χ2v) is 6.65. The summed E-state index contributed by atoms with van der Waals surface area (Å²) >= 11 is 0. The molecule has 0 aliphatic rings. The van der Waals surface area contributed by atoms with E-state index in [1.165, 1.54) is 0 Å². The Kier molecular flexibility index (Phi) is 4.42.